The topological polar surface area (TPSA) is 70.2 Å². The smallest absolute Gasteiger partial charge is 0.239 e. The van der Waals surface area contributed by atoms with Gasteiger partial charge in [0.15, 0.2) is 0 Å². The monoisotopic (exact) mass is 277 g/mol. The molecule has 0 aromatic carbocycles. The number of nitrogens with zero attached hydrogens (tertiary/aromatic N) is 3. The fourth-order valence-electron chi connectivity index (χ4n) is 2.32. The molecular weight excluding hydrogens is 254 g/mol. The van der Waals surface area contributed by atoms with E-state index in [0.717, 1.165) is 55.5 Å². The van der Waals surface area contributed by atoms with E-state index in [2.05, 4.69) is 27.5 Å². The Balaban J connectivity index is 2.29. The number of anilines is 2. The van der Waals surface area contributed by atoms with Crippen LogP contribution in [0.15, 0.2) is 0 Å². The van der Waals surface area contributed by atoms with E-state index in [1.165, 1.54) is 0 Å². The second-order valence-electron chi connectivity index (χ2n) is 5.12. The first-order valence-corrected chi connectivity index (χ1v) is 7.22. The van der Waals surface area contributed by atoms with Gasteiger partial charge in [-0.1, -0.05) is 6.92 Å². The number of aryl methyl sites for hydroxylation is 1. The molecule has 2 N–H and O–H groups in total. The zero-order chi connectivity index (χ0) is 14.5. The summed E-state index contributed by atoms with van der Waals surface area (Å²) in [7, 11) is 0. The van der Waals surface area contributed by atoms with Gasteiger partial charge >= 0.3 is 0 Å². The first-order valence-electron chi connectivity index (χ1n) is 7.22. The quantitative estimate of drug-likeness (QED) is 0.866. The summed E-state index contributed by atoms with van der Waals surface area (Å²) in [5, 5.41) is 6.22. The van der Waals surface area contributed by atoms with Crippen LogP contribution in [0.5, 0.6) is 0 Å². The lowest BCUT2D eigenvalue weighted by atomic mass is 10.2. The highest BCUT2D eigenvalue weighted by atomic mass is 16.2. The number of hydrogen-bond acceptors (Lipinski definition) is 5. The van der Waals surface area contributed by atoms with Gasteiger partial charge in [0, 0.05) is 25.2 Å². The molecule has 1 aliphatic rings. The fraction of sp³-hybridized carbons (Fsp3) is 0.643. The fourth-order valence-corrected chi connectivity index (χ4v) is 2.32. The molecule has 1 aromatic heterocycles. The minimum absolute atomic E-state index is 0.0567. The summed E-state index contributed by atoms with van der Waals surface area (Å²) >= 11 is 0. The lowest BCUT2D eigenvalue weighted by molar-refractivity contribution is -0.119. The van der Waals surface area contributed by atoms with Crippen LogP contribution in [0, 0.1) is 13.8 Å². The van der Waals surface area contributed by atoms with E-state index >= 15 is 0 Å². The van der Waals surface area contributed by atoms with Crippen LogP contribution in [-0.4, -0.2) is 42.1 Å². The summed E-state index contributed by atoms with van der Waals surface area (Å²) in [6.45, 7) is 8.84. The lowest BCUT2D eigenvalue weighted by Gasteiger charge is -2.23. The molecule has 2 rings (SSSR count). The molecule has 1 aliphatic heterocycles. The average molecular weight is 277 g/mol. The van der Waals surface area contributed by atoms with E-state index in [9.17, 15) is 4.79 Å². The van der Waals surface area contributed by atoms with Crippen LogP contribution < -0.4 is 15.5 Å². The van der Waals surface area contributed by atoms with Crippen LogP contribution in [0.2, 0.25) is 0 Å². The van der Waals surface area contributed by atoms with E-state index in [-0.39, 0.29) is 5.91 Å². The molecule has 110 valence electrons. The number of aromatic nitrogens is 2. The normalized spacial score (nSPS) is 15.8. The minimum Gasteiger partial charge on any atom is -0.370 e. The maximum atomic E-state index is 11.7. The average Bonchev–Trinajstić information content (AvgIpc) is 2.64. The Hall–Kier alpha value is -1.85. The van der Waals surface area contributed by atoms with E-state index in [1.807, 2.05) is 18.7 Å². The van der Waals surface area contributed by atoms with E-state index in [0.29, 0.717) is 6.54 Å². The molecule has 1 aromatic rings. The Morgan fingerprint density at radius 3 is 2.90 bits per heavy atom. The van der Waals surface area contributed by atoms with Crippen molar-refractivity contribution in [1.82, 2.24) is 15.3 Å². The van der Waals surface area contributed by atoms with E-state index in [1.54, 1.807) is 0 Å². The zero-order valence-corrected chi connectivity index (χ0v) is 12.5. The maximum Gasteiger partial charge on any atom is 0.239 e. The van der Waals surface area contributed by atoms with Crippen LogP contribution in [0.1, 0.15) is 31.2 Å². The van der Waals surface area contributed by atoms with Crippen molar-refractivity contribution in [3.05, 3.63) is 11.4 Å². The van der Waals surface area contributed by atoms with Gasteiger partial charge < -0.3 is 15.5 Å². The third kappa shape index (κ3) is 3.37. The summed E-state index contributed by atoms with van der Waals surface area (Å²) < 4.78 is 0. The molecule has 0 radical (unpaired) electrons. The Kier molecular flexibility index (Phi) is 4.76. The molecule has 0 bridgehead atoms. The van der Waals surface area contributed by atoms with E-state index in [4.69, 9.17) is 0 Å². The zero-order valence-electron chi connectivity index (χ0n) is 12.5. The highest BCUT2D eigenvalue weighted by molar-refractivity contribution is 5.82. The van der Waals surface area contributed by atoms with Gasteiger partial charge in [0.25, 0.3) is 0 Å². The number of carbonyl (C=O) groups is 1. The van der Waals surface area contributed by atoms with Gasteiger partial charge in [-0.05, 0) is 26.7 Å². The largest absolute Gasteiger partial charge is 0.370 e. The molecule has 6 nitrogen and oxygen atoms in total. The maximum absolute atomic E-state index is 11.7. The number of hydrogen-bond donors (Lipinski definition) is 2. The second kappa shape index (κ2) is 6.54. The van der Waals surface area contributed by atoms with Gasteiger partial charge in [0.1, 0.15) is 17.5 Å². The molecule has 2 heterocycles. The van der Waals surface area contributed by atoms with Crippen molar-refractivity contribution in [2.45, 2.75) is 33.6 Å². The third-order valence-corrected chi connectivity index (χ3v) is 3.34. The Labute approximate surface area is 120 Å². The van der Waals surface area contributed by atoms with Crippen molar-refractivity contribution in [1.29, 1.82) is 0 Å². The second-order valence-corrected chi connectivity index (χ2v) is 5.12. The van der Waals surface area contributed by atoms with Crippen molar-refractivity contribution in [3.63, 3.8) is 0 Å². The molecule has 0 saturated carbocycles. The first kappa shape index (κ1) is 14.6. The lowest BCUT2D eigenvalue weighted by Crippen LogP contribution is -2.34. The Morgan fingerprint density at radius 2 is 2.15 bits per heavy atom. The van der Waals surface area contributed by atoms with Crippen LogP contribution >= 0.6 is 0 Å². The number of nitrogens with one attached hydrogen (secondary N) is 2. The number of rotatable bonds is 4. The highest BCUT2D eigenvalue weighted by Gasteiger charge is 2.20. The highest BCUT2D eigenvalue weighted by Crippen LogP contribution is 2.24. The Bertz CT molecular complexity index is 489. The predicted molar refractivity (Wildman–Crippen MR) is 80.1 cm³/mol. The van der Waals surface area contributed by atoms with Crippen LogP contribution in [0.3, 0.4) is 0 Å². The summed E-state index contributed by atoms with van der Waals surface area (Å²) in [5.74, 6) is 2.53. The van der Waals surface area contributed by atoms with Crippen molar-refractivity contribution in [2.24, 2.45) is 0 Å². The number of amides is 1. The molecule has 20 heavy (non-hydrogen) atoms. The molecule has 0 unspecified atom stereocenters. The summed E-state index contributed by atoms with van der Waals surface area (Å²) in [6, 6.07) is 0. The molecule has 1 saturated heterocycles. The number of carbonyl (C=O) groups excluding carboxylic acids is 1. The van der Waals surface area contributed by atoms with Gasteiger partial charge in [-0.3, -0.25) is 4.79 Å². The molecular formula is C14H23N5O. The van der Waals surface area contributed by atoms with Gasteiger partial charge in [0.05, 0.1) is 6.54 Å². The van der Waals surface area contributed by atoms with Crippen LogP contribution in [0.25, 0.3) is 0 Å². The standard InChI is InChI=1S/C14H23N5O/c1-4-6-16-13-10(2)14(18-11(3)17-13)19-8-5-7-15-12(20)9-19/h4-9H2,1-3H3,(H,15,20)(H,16,17,18). The van der Waals surface area contributed by atoms with Crippen molar-refractivity contribution in [2.75, 3.05) is 36.4 Å². The van der Waals surface area contributed by atoms with Gasteiger partial charge in [-0.15, -0.1) is 0 Å². The van der Waals surface area contributed by atoms with E-state index < -0.39 is 0 Å². The molecule has 0 spiro atoms. The molecule has 1 amide bonds. The summed E-state index contributed by atoms with van der Waals surface area (Å²) in [6.07, 6.45) is 1.98. The van der Waals surface area contributed by atoms with Crippen LogP contribution in [0.4, 0.5) is 11.6 Å². The molecule has 6 heteroatoms. The Morgan fingerprint density at radius 1 is 1.35 bits per heavy atom. The third-order valence-electron chi connectivity index (χ3n) is 3.34. The molecule has 0 atom stereocenters. The predicted octanol–water partition coefficient (Wildman–Crippen LogP) is 1.24. The first-order chi connectivity index (χ1) is 9.61. The van der Waals surface area contributed by atoms with Gasteiger partial charge in [0.2, 0.25) is 5.91 Å². The van der Waals surface area contributed by atoms with Crippen molar-refractivity contribution >= 4 is 17.5 Å². The molecule has 0 aliphatic carbocycles. The SMILES string of the molecule is CCCNc1nc(C)nc(N2CCCNC(=O)C2)c1C. The van der Waals surface area contributed by atoms with Crippen molar-refractivity contribution in [3.8, 4) is 0 Å². The summed E-state index contributed by atoms with van der Waals surface area (Å²) in [4.78, 5) is 22.7. The van der Waals surface area contributed by atoms with Gasteiger partial charge in [-0.2, -0.15) is 0 Å². The molecule has 1 fully saturated rings. The summed E-state index contributed by atoms with van der Waals surface area (Å²) in [5.41, 5.74) is 1.01. The van der Waals surface area contributed by atoms with Crippen LogP contribution in [-0.2, 0) is 4.79 Å². The minimum atomic E-state index is 0.0567. The van der Waals surface area contributed by atoms with Gasteiger partial charge in [-0.25, -0.2) is 9.97 Å². The van der Waals surface area contributed by atoms with Crippen molar-refractivity contribution < 1.29 is 4.79 Å².